The van der Waals surface area contributed by atoms with Crippen molar-refractivity contribution in [2.75, 3.05) is 26.2 Å². The van der Waals surface area contributed by atoms with Gasteiger partial charge >= 0.3 is 0 Å². The van der Waals surface area contributed by atoms with Crippen LogP contribution >= 0.6 is 0 Å². The molecule has 0 heterocycles. The highest BCUT2D eigenvalue weighted by Crippen LogP contribution is 2.11. The minimum atomic E-state index is -0.338. The fraction of sp³-hybridized carbons (Fsp3) is 0.385. The maximum Gasteiger partial charge on any atom is 0.231 e. The molecule has 0 aromatic heterocycles. The standard InChI is InChI=1S/C13H17N3O2/c1-2-16(10-13(15)17)7-8-18-12-5-3-11(9-14)4-6-12/h3-6H,2,7-8,10H2,1H3,(H2,15,17). The van der Waals surface area contributed by atoms with Gasteiger partial charge in [-0.3, -0.25) is 9.69 Å². The van der Waals surface area contributed by atoms with E-state index in [0.29, 0.717) is 24.5 Å². The Balaban J connectivity index is 2.36. The molecule has 0 aliphatic rings. The molecule has 2 N–H and O–H groups in total. The number of hydrogen-bond acceptors (Lipinski definition) is 4. The molecule has 1 rings (SSSR count). The van der Waals surface area contributed by atoms with E-state index in [4.69, 9.17) is 15.7 Å². The van der Waals surface area contributed by atoms with Crippen LogP contribution in [0.2, 0.25) is 0 Å². The van der Waals surface area contributed by atoms with Crippen molar-refractivity contribution in [2.24, 2.45) is 5.73 Å². The number of likely N-dealkylation sites (N-methyl/N-ethyl adjacent to an activating group) is 1. The Morgan fingerprint density at radius 1 is 1.44 bits per heavy atom. The lowest BCUT2D eigenvalue weighted by atomic mass is 10.2. The molecule has 5 nitrogen and oxygen atoms in total. The quantitative estimate of drug-likeness (QED) is 0.771. The fourth-order valence-electron chi connectivity index (χ4n) is 1.49. The average Bonchev–Trinajstić information content (AvgIpc) is 2.38. The van der Waals surface area contributed by atoms with E-state index < -0.39 is 0 Å². The molecule has 0 saturated carbocycles. The summed E-state index contributed by atoms with van der Waals surface area (Å²) in [6.45, 7) is 4.07. The largest absolute Gasteiger partial charge is 0.492 e. The van der Waals surface area contributed by atoms with Crippen LogP contribution in [-0.4, -0.2) is 37.0 Å². The predicted molar refractivity (Wildman–Crippen MR) is 68.0 cm³/mol. The summed E-state index contributed by atoms with van der Waals surface area (Å²) in [5.41, 5.74) is 5.73. The zero-order chi connectivity index (χ0) is 13.4. The number of nitrogens with zero attached hydrogens (tertiary/aromatic N) is 2. The van der Waals surface area contributed by atoms with E-state index >= 15 is 0 Å². The van der Waals surface area contributed by atoms with E-state index in [1.807, 2.05) is 17.9 Å². The number of amides is 1. The average molecular weight is 247 g/mol. The van der Waals surface area contributed by atoms with Crippen molar-refractivity contribution in [2.45, 2.75) is 6.92 Å². The third-order valence-electron chi connectivity index (χ3n) is 2.49. The topological polar surface area (TPSA) is 79.3 Å². The van der Waals surface area contributed by atoms with Crippen LogP contribution in [0.3, 0.4) is 0 Å². The maximum atomic E-state index is 10.8. The molecule has 0 bridgehead atoms. The molecule has 96 valence electrons. The van der Waals surface area contributed by atoms with Crippen molar-refractivity contribution in [3.63, 3.8) is 0 Å². The Hall–Kier alpha value is -2.06. The van der Waals surface area contributed by atoms with Crippen LogP contribution in [0.25, 0.3) is 0 Å². The normalized spacial score (nSPS) is 10.1. The van der Waals surface area contributed by atoms with E-state index in [2.05, 4.69) is 0 Å². The molecule has 0 saturated heterocycles. The van der Waals surface area contributed by atoms with Gasteiger partial charge in [-0.2, -0.15) is 5.26 Å². The summed E-state index contributed by atoms with van der Waals surface area (Å²) in [6.07, 6.45) is 0. The van der Waals surface area contributed by atoms with Crippen molar-refractivity contribution in [1.82, 2.24) is 4.90 Å². The molecule has 0 spiro atoms. The van der Waals surface area contributed by atoms with Crippen molar-refractivity contribution in [1.29, 1.82) is 5.26 Å². The number of benzene rings is 1. The highest BCUT2D eigenvalue weighted by Gasteiger charge is 2.05. The molecule has 1 aromatic carbocycles. The molecule has 1 aromatic rings. The van der Waals surface area contributed by atoms with Gasteiger partial charge in [-0.15, -0.1) is 0 Å². The highest BCUT2D eigenvalue weighted by molar-refractivity contribution is 5.75. The van der Waals surface area contributed by atoms with Gasteiger partial charge in [0.1, 0.15) is 12.4 Å². The SMILES string of the molecule is CCN(CCOc1ccc(C#N)cc1)CC(N)=O. The first-order chi connectivity index (χ1) is 8.65. The minimum absolute atomic E-state index is 0.243. The number of carbonyl (C=O) groups excluding carboxylic acids is 1. The number of hydrogen-bond donors (Lipinski definition) is 1. The van der Waals surface area contributed by atoms with Crippen LogP contribution in [0, 0.1) is 11.3 Å². The molecule has 0 fully saturated rings. The van der Waals surface area contributed by atoms with Gasteiger partial charge in [-0.05, 0) is 30.8 Å². The van der Waals surface area contributed by atoms with Gasteiger partial charge in [0.05, 0.1) is 18.2 Å². The van der Waals surface area contributed by atoms with E-state index in [-0.39, 0.29) is 12.5 Å². The van der Waals surface area contributed by atoms with Gasteiger partial charge in [0.2, 0.25) is 5.91 Å². The van der Waals surface area contributed by atoms with Crippen molar-refractivity contribution >= 4 is 5.91 Å². The molecule has 0 unspecified atom stereocenters. The molecular formula is C13H17N3O2. The second-order valence-corrected chi connectivity index (χ2v) is 3.82. The zero-order valence-corrected chi connectivity index (χ0v) is 10.4. The third kappa shape index (κ3) is 4.85. The molecule has 5 heteroatoms. The maximum absolute atomic E-state index is 10.8. The molecule has 0 atom stereocenters. The number of nitriles is 1. The zero-order valence-electron chi connectivity index (χ0n) is 10.4. The second kappa shape index (κ2) is 7.30. The van der Waals surface area contributed by atoms with E-state index in [1.54, 1.807) is 24.3 Å². The lowest BCUT2D eigenvalue weighted by Crippen LogP contribution is -2.36. The smallest absolute Gasteiger partial charge is 0.231 e. The first kappa shape index (κ1) is 14.0. The summed E-state index contributed by atoms with van der Waals surface area (Å²) in [5, 5.41) is 8.65. The summed E-state index contributed by atoms with van der Waals surface area (Å²) in [6, 6.07) is 8.96. The number of primary amides is 1. The van der Waals surface area contributed by atoms with Gasteiger partial charge in [-0.1, -0.05) is 6.92 Å². The van der Waals surface area contributed by atoms with E-state index in [1.165, 1.54) is 0 Å². The fourth-order valence-corrected chi connectivity index (χ4v) is 1.49. The van der Waals surface area contributed by atoms with Crippen molar-refractivity contribution < 1.29 is 9.53 Å². The Kier molecular flexibility index (Phi) is 5.68. The predicted octanol–water partition coefficient (Wildman–Crippen LogP) is 0.744. The Labute approximate surface area is 107 Å². The van der Waals surface area contributed by atoms with E-state index in [0.717, 1.165) is 6.54 Å². The Bertz CT molecular complexity index is 423. The number of carbonyl (C=O) groups is 1. The van der Waals surface area contributed by atoms with E-state index in [9.17, 15) is 4.79 Å². The Morgan fingerprint density at radius 2 is 2.11 bits per heavy atom. The van der Waals surface area contributed by atoms with Crippen LogP contribution < -0.4 is 10.5 Å². The summed E-state index contributed by atoms with van der Waals surface area (Å²) in [7, 11) is 0. The van der Waals surface area contributed by atoms with Crippen molar-refractivity contribution in [3.05, 3.63) is 29.8 Å². The van der Waals surface area contributed by atoms with Crippen LogP contribution in [0.15, 0.2) is 24.3 Å². The first-order valence-corrected chi connectivity index (χ1v) is 5.79. The molecule has 0 aliphatic carbocycles. The van der Waals surface area contributed by atoms with Crippen LogP contribution in [0.5, 0.6) is 5.75 Å². The van der Waals surface area contributed by atoms with Crippen LogP contribution in [-0.2, 0) is 4.79 Å². The Morgan fingerprint density at radius 3 is 2.61 bits per heavy atom. The second-order valence-electron chi connectivity index (χ2n) is 3.82. The van der Waals surface area contributed by atoms with Gasteiger partial charge in [0.15, 0.2) is 0 Å². The van der Waals surface area contributed by atoms with Gasteiger partial charge in [0, 0.05) is 6.54 Å². The molecular weight excluding hydrogens is 230 g/mol. The van der Waals surface area contributed by atoms with Crippen LogP contribution in [0.1, 0.15) is 12.5 Å². The molecule has 0 radical (unpaired) electrons. The highest BCUT2D eigenvalue weighted by atomic mass is 16.5. The minimum Gasteiger partial charge on any atom is -0.492 e. The summed E-state index contributed by atoms with van der Waals surface area (Å²) in [5.74, 6) is 0.374. The lowest BCUT2D eigenvalue weighted by molar-refractivity contribution is -0.119. The van der Waals surface area contributed by atoms with Gasteiger partial charge < -0.3 is 10.5 Å². The summed E-state index contributed by atoms with van der Waals surface area (Å²) >= 11 is 0. The molecule has 1 amide bonds. The number of rotatable bonds is 7. The van der Waals surface area contributed by atoms with Gasteiger partial charge in [-0.25, -0.2) is 0 Å². The van der Waals surface area contributed by atoms with Crippen molar-refractivity contribution in [3.8, 4) is 11.8 Å². The summed E-state index contributed by atoms with van der Waals surface area (Å²) in [4.78, 5) is 12.7. The number of nitrogens with two attached hydrogens (primary N) is 1. The first-order valence-electron chi connectivity index (χ1n) is 5.79. The molecule has 0 aliphatic heterocycles. The monoisotopic (exact) mass is 247 g/mol. The molecule has 18 heavy (non-hydrogen) atoms. The lowest BCUT2D eigenvalue weighted by Gasteiger charge is -2.18. The summed E-state index contributed by atoms with van der Waals surface area (Å²) < 4.78 is 5.52. The number of ether oxygens (including phenoxy) is 1. The van der Waals surface area contributed by atoms with Crippen LogP contribution in [0.4, 0.5) is 0 Å². The third-order valence-corrected chi connectivity index (χ3v) is 2.49. The van der Waals surface area contributed by atoms with Gasteiger partial charge in [0.25, 0.3) is 0 Å².